The molecule has 0 aliphatic carbocycles. The zero-order valence-electron chi connectivity index (χ0n) is 11.7. The van der Waals surface area contributed by atoms with Gasteiger partial charge in [-0.1, -0.05) is 13.3 Å². The molecule has 6 heteroatoms. The van der Waals surface area contributed by atoms with Crippen LogP contribution in [-0.4, -0.2) is 49.8 Å². The summed E-state index contributed by atoms with van der Waals surface area (Å²) >= 11 is 0. The number of hydrogen-bond donors (Lipinski definition) is 3. The van der Waals surface area contributed by atoms with Crippen LogP contribution in [0.1, 0.15) is 32.6 Å². The van der Waals surface area contributed by atoms with Gasteiger partial charge in [0.1, 0.15) is 0 Å². The second kappa shape index (κ2) is 7.45. The molecule has 110 valence electrons. The van der Waals surface area contributed by atoms with Crippen molar-refractivity contribution in [3.05, 3.63) is 0 Å². The zero-order chi connectivity index (χ0) is 14.3. The van der Waals surface area contributed by atoms with Crippen molar-refractivity contribution >= 4 is 11.9 Å². The number of carboxylic acid groups (broad SMARTS) is 1. The van der Waals surface area contributed by atoms with Crippen molar-refractivity contribution in [1.29, 1.82) is 0 Å². The Kier molecular flexibility index (Phi) is 6.24. The lowest BCUT2D eigenvalue weighted by Gasteiger charge is -2.36. The Balaban J connectivity index is 2.73. The predicted molar refractivity (Wildman–Crippen MR) is 70.9 cm³/mol. The van der Waals surface area contributed by atoms with Gasteiger partial charge in [-0.2, -0.15) is 0 Å². The van der Waals surface area contributed by atoms with Gasteiger partial charge in [0.25, 0.3) is 0 Å². The lowest BCUT2D eigenvalue weighted by atomic mass is 9.76. The Bertz CT molecular complexity index is 308. The fraction of sp³-hybridized carbons (Fsp3) is 0.846. The molecule has 2 unspecified atom stereocenters. The highest BCUT2D eigenvalue weighted by Gasteiger charge is 2.40. The quantitative estimate of drug-likeness (QED) is 0.623. The summed E-state index contributed by atoms with van der Waals surface area (Å²) in [4.78, 5) is 23.5. The molecule has 1 rings (SSSR count). The molecule has 0 spiro atoms. The molecule has 1 aliphatic rings. The SMILES string of the molecule is CCCC1(C(=O)NC(COC)C(=O)O)CCCNC1. The number of carbonyl (C=O) groups excluding carboxylic acids is 1. The van der Waals surface area contributed by atoms with Crippen LogP contribution in [0.5, 0.6) is 0 Å². The van der Waals surface area contributed by atoms with Gasteiger partial charge < -0.3 is 20.5 Å². The van der Waals surface area contributed by atoms with Crippen molar-refractivity contribution < 1.29 is 19.4 Å². The van der Waals surface area contributed by atoms with E-state index in [0.29, 0.717) is 6.54 Å². The van der Waals surface area contributed by atoms with E-state index < -0.39 is 17.4 Å². The highest BCUT2D eigenvalue weighted by atomic mass is 16.5. The first-order chi connectivity index (χ1) is 9.05. The molecule has 0 saturated carbocycles. The van der Waals surface area contributed by atoms with Crippen LogP contribution in [0, 0.1) is 5.41 Å². The minimum absolute atomic E-state index is 0.0172. The highest BCUT2D eigenvalue weighted by molar-refractivity contribution is 5.87. The van der Waals surface area contributed by atoms with E-state index in [1.807, 2.05) is 6.92 Å². The number of carbonyl (C=O) groups is 2. The van der Waals surface area contributed by atoms with Crippen LogP contribution in [0.4, 0.5) is 0 Å². The molecule has 0 aromatic carbocycles. The van der Waals surface area contributed by atoms with Crippen LogP contribution >= 0.6 is 0 Å². The maximum atomic E-state index is 12.4. The second-order valence-electron chi connectivity index (χ2n) is 5.13. The first-order valence-corrected chi connectivity index (χ1v) is 6.79. The number of amides is 1. The maximum absolute atomic E-state index is 12.4. The van der Waals surface area contributed by atoms with E-state index in [9.17, 15) is 9.59 Å². The standard InChI is InChI=1S/C13H24N2O4/c1-3-5-13(6-4-7-14-9-13)12(18)15-10(8-19-2)11(16)17/h10,14H,3-9H2,1-2H3,(H,15,18)(H,16,17). The number of ether oxygens (including phenoxy) is 1. The summed E-state index contributed by atoms with van der Waals surface area (Å²) < 4.78 is 4.84. The largest absolute Gasteiger partial charge is 0.480 e. The van der Waals surface area contributed by atoms with Crippen molar-refractivity contribution in [2.24, 2.45) is 5.41 Å². The van der Waals surface area contributed by atoms with Gasteiger partial charge in [0.2, 0.25) is 5.91 Å². The van der Waals surface area contributed by atoms with Crippen molar-refractivity contribution in [1.82, 2.24) is 10.6 Å². The molecule has 3 N–H and O–H groups in total. The lowest BCUT2D eigenvalue weighted by Crippen LogP contribution is -2.55. The summed E-state index contributed by atoms with van der Waals surface area (Å²) in [6, 6.07) is -0.979. The number of piperidine rings is 1. The van der Waals surface area contributed by atoms with Crippen LogP contribution < -0.4 is 10.6 Å². The van der Waals surface area contributed by atoms with Gasteiger partial charge in [0.05, 0.1) is 12.0 Å². The Morgan fingerprint density at radius 1 is 1.53 bits per heavy atom. The Hall–Kier alpha value is -1.14. The van der Waals surface area contributed by atoms with Gasteiger partial charge in [-0.15, -0.1) is 0 Å². The molecule has 2 atom stereocenters. The Morgan fingerprint density at radius 2 is 2.26 bits per heavy atom. The van der Waals surface area contributed by atoms with Gasteiger partial charge in [-0.25, -0.2) is 4.79 Å². The zero-order valence-corrected chi connectivity index (χ0v) is 11.7. The summed E-state index contributed by atoms with van der Waals surface area (Å²) in [6.45, 7) is 3.55. The van der Waals surface area contributed by atoms with E-state index in [4.69, 9.17) is 9.84 Å². The average Bonchev–Trinajstić information content (AvgIpc) is 2.39. The molecule has 0 bridgehead atoms. The minimum Gasteiger partial charge on any atom is -0.480 e. The van der Waals surface area contributed by atoms with E-state index in [0.717, 1.165) is 32.2 Å². The van der Waals surface area contributed by atoms with Crippen LogP contribution in [0.25, 0.3) is 0 Å². The third-order valence-corrected chi connectivity index (χ3v) is 3.62. The van der Waals surface area contributed by atoms with Crippen LogP contribution in [-0.2, 0) is 14.3 Å². The minimum atomic E-state index is -1.06. The van der Waals surface area contributed by atoms with Crippen molar-refractivity contribution in [2.75, 3.05) is 26.8 Å². The Morgan fingerprint density at radius 3 is 2.74 bits per heavy atom. The predicted octanol–water partition coefficient (Wildman–Crippen LogP) is 0.372. The monoisotopic (exact) mass is 272 g/mol. The summed E-state index contributed by atoms with van der Waals surface area (Å²) in [7, 11) is 1.42. The van der Waals surface area contributed by atoms with E-state index in [1.165, 1.54) is 7.11 Å². The molecule has 19 heavy (non-hydrogen) atoms. The topological polar surface area (TPSA) is 87.7 Å². The third-order valence-electron chi connectivity index (χ3n) is 3.62. The van der Waals surface area contributed by atoms with Gasteiger partial charge >= 0.3 is 5.97 Å². The summed E-state index contributed by atoms with van der Waals surface area (Å²) in [5.74, 6) is -1.24. The molecule has 0 aromatic rings. The molecule has 1 heterocycles. The maximum Gasteiger partial charge on any atom is 0.328 e. The summed E-state index contributed by atoms with van der Waals surface area (Å²) in [6.07, 6.45) is 3.41. The highest BCUT2D eigenvalue weighted by Crippen LogP contribution is 2.32. The van der Waals surface area contributed by atoms with E-state index in [1.54, 1.807) is 0 Å². The lowest BCUT2D eigenvalue weighted by molar-refractivity contribution is -0.146. The van der Waals surface area contributed by atoms with Crippen molar-refractivity contribution in [2.45, 2.75) is 38.6 Å². The average molecular weight is 272 g/mol. The molecule has 1 aliphatic heterocycles. The number of methoxy groups -OCH3 is 1. The van der Waals surface area contributed by atoms with Gasteiger partial charge in [-0.05, 0) is 25.8 Å². The summed E-state index contributed by atoms with van der Waals surface area (Å²) in [5.41, 5.74) is -0.478. The molecule has 1 fully saturated rings. The van der Waals surface area contributed by atoms with E-state index >= 15 is 0 Å². The molecule has 1 amide bonds. The van der Waals surface area contributed by atoms with E-state index in [2.05, 4.69) is 10.6 Å². The van der Waals surface area contributed by atoms with Crippen molar-refractivity contribution in [3.63, 3.8) is 0 Å². The van der Waals surface area contributed by atoms with Crippen molar-refractivity contribution in [3.8, 4) is 0 Å². The van der Waals surface area contributed by atoms with E-state index in [-0.39, 0.29) is 12.5 Å². The second-order valence-corrected chi connectivity index (χ2v) is 5.13. The smallest absolute Gasteiger partial charge is 0.328 e. The molecule has 6 nitrogen and oxygen atoms in total. The molecule has 1 saturated heterocycles. The van der Waals surface area contributed by atoms with Gasteiger partial charge in [0, 0.05) is 13.7 Å². The molecule has 0 aromatic heterocycles. The first-order valence-electron chi connectivity index (χ1n) is 6.79. The number of nitrogens with one attached hydrogen (secondary N) is 2. The summed E-state index contributed by atoms with van der Waals surface area (Å²) in [5, 5.41) is 14.9. The Labute approximate surface area is 113 Å². The third kappa shape index (κ3) is 4.18. The number of hydrogen-bond acceptors (Lipinski definition) is 4. The molecular weight excluding hydrogens is 248 g/mol. The molecule has 0 radical (unpaired) electrons. The van der Waals surface area contributed by atoms with Gasteiger partial charge in [0.15, 0.2) is 6.04 Å². The number of carboxylic acids is 1. The van der Waals surface area contributed by atoms with Gasteiger partial charge in [-0.3, -0.25) is 4.79 Å². The van der Waals surface area contributed by atoms with Crippen LogP contribution in [0.3, 0.4) is 0 Å². The van der Waals surface area contributed by atoms with Crippen LogP contribution in [0.2, 0.25) is 0 Å². The van der Waals surface area contributed by atoms with Crippen LogP contribution in [0.15, 0.2) is 0 Å². The normalized spacial score (nSPS) is 24.7. The number of rotatable bonds is 7. The fourth-order valence-corrected chi connectivity index (χ4v) is 2.62. The number of aliphatic carboxylic acids is 1. The fourth-order valence-electron chi connectivity index (χ4n) is 2.62. The molecular formula is C13H24N2O4. The first kappa shape index (κ1) is 15.9.